The lowest BCUT2D eigenvalue weighted by atomic mass is 9.95. The van der Waals surface area contributed by atoms with Crippen LogP contribution in [0.3, 0.4) is 0 Å². The fourth-order valence-electron chi connectivity index (χ4n) is 4.05. The zero-order valence-corrected chi connectivity index (χ0v) is 17.0. The predicted octanol–water partition coefficient (Wildman–Crippen LogP) is 4.20. The van der Waals surface area contributed by atoms with E-state index in [4.69, 9.17) is 0 Å². The van der Waals surface area contributed by atoms with E-state index in [-0.39, 0.29) is 17.7 Å². The Hall–Kier alpha value is -3.08. The maximum absolute atomic E-state index is 12.8. The summed E-state index contributed by atoms with van der Waals surface area (Å²) in [5.74, 6) is 0.137. The van der Waals surface area contributed by atoms with Gasteiger partial charge in [-0.25, -0.2) is 0 Å². The normalized spacial score (nSPS) is 14.9. The Morgan fingerprint density at radius 2 is 1.86 bits per heavy atom. The van der Waals surface area contributed by atoms with Crippen LogP contribution in [0.1, 0.15) is 29.5 Å². The lowest BCUT2D eigenvalue weighted by Gasteiger charge is -2.31. The molecule has 0 radical (unpaired) electrons. The van der Waals surface area contributed by atoms with Crippen LogP contribution in [0, 0.1) is 19.8 Å². The number of likely N-dealkylation sites (tertiary alicyclic amines) is 1. The van der Waals surface area contributed by atoms with Crippen LogP contribution in [0.25, 0.3) is 10.9 Å². The van der Waals surface area contributed by atoms with Gasteiger partial charge in [0.05, 0.1) is 6.42 Å². The van der Waals surface area contributed by atoms with E-state index in [0.29, 0.717) is 32.4 Å². The highest BCUT2D eigenvalue weighted by Crippen LogP contribution is 2.24. The van der Waals surface area contributed by atoms with Crippen LogP contribution in [0.15, 0.2) is 48.7 Å². The van der Waals surface area contributed by atoms with Gasteiger partial charge >= 0.3 is 0 Å². The highest BCUT2D eigenvalue weighted by Gasteiger charge is 2.27. The van der Waals surface area contributed by atoms with Crippen molar-refractivity contribution in [3.8, 4) is 0 Å². The summed E-state index contributed by atoms with van der Waals surface area (Å²) in [6.07, 6.45) is 3.73. The number of aromatic nitrogens is 1. The van der Waals surface area contributed by atoms with E-state index in [9.17, 15) is 9.59 Å². The Kier molecular flexibility index (Phi) is 5.38. The van der Waals surface area contributed by atoms with E-state index in [2.05, 4.69) is 10.3 Å². The highest BCUT2D eigenvalue weighted by atomic mass is 16.2. The fourth-order valence-corrected chi connectivity index (χ4v) is 4.05. The number of fused-ring (bicyclic) bond motifs is 1. The molecule has 29 heavy (non-hydrogen) atoms. The molecule has 150 valence electrons. The number of carbonyl (C=O) groups excluding carboxylic acids is 2. The zero-order chi connectivity index (χ0) is 20.4. The second-order valence-corrected chi connectivity index (χ2v) is 8.00. The molecule has 2 N–H and O–H groups in total. The monoisotopic (exact) mass is 389 g/mol. The summed E-state index contributed by atoms with van der Waals surface area (Å²) >= 11 is 0. The largest absolute Gasteiger partial charge is 0.361 e. The van der Waals surface area contributed by atoms with Crippen molar-refractivity contribution in [3.63, 3.8) is 0 Å². The average molecular weight is 389 g/mol. The molecule has 5 nitrogen and oxygen atoms in total. The first-order valence-corrected chi connectivity index (χ1v) is 10.2. The number of carbonyl (C=O) groups is 2. The van der Waals surface area contributed by atoms with Crippen LogP contribution in [0.4, 0.5) is 5.69 Å². The topological polar surface area (TPSA) is 65.2 Å². The number of amides is 2. The minimum atomic E-state index is -0.0490. The summed E-state index contributed by atoms with van der Waals surface area (Å²) in [5.41, 5.74) is 5.16. The molecule has 0 unspecified atom stereocenters. The van der Waals surface area contributed by atoms with Crippen molar-refractivity contribution in [2.75, 3.05) is 18.4 Å². The molecule has 0 spiro atoms. The predicted molar refractivity (Wildman–Crippen MR) is 116 cm³/mol. The van der Waals surface area contributed by atoms with Gasteiger partial charge in [-0.3, -0.25) is 9.59 Å². The second kappa shape index (κ2) is 8.11. The van der Waals surface area contributed by atoms with Crippen molar-refractivity contribution < 1.29 is 9.59 Å². The Balaban J connectivity index is 1.33. The van der Waals surface area contributed by atoms with Crippen molar-refractivity contribution in [1.82, 2.24) is 9.88 Å². The van der Waals surface area contributed by atoms with Crippen LogP contribution in [0.5, 0.6) is 0 Å². The highest BCUT2D eigenvalue weighted by molar-refractivity contribution is 5.94. The van der Waals surface area contributed by atoms with E-state index >= 15 is 0 Å². The molecule has 1 aliphatic rings. The summed E-state index contributed by atoms with van der Waals surface area (Å²) < 4.78 is 0. The average Bonchev–Trinajstić information content (AvgIpc) is 3.13. The van der Waals surface area contributed by atoms with Crippen molar-refractivity contribution in [3.05, 3.63) is 65.4 Å². The first-order valence-electron chi connectivity index (χ1n) is 10.2. The van der Waals surface area contributed by atoms with E-state index in [1.807, 2.05) is 67.4 Å². The second-order valence-electron chi connectivity index (χ2n) is 8.00. The number of aromatic amines is 1. The molecule has 0 saturated carbocycles. The third-order valence-electron chi connectivity index (χ3n) is 5.89. The standard InChI is InChI=1S/C24H27N3O2/c1-16-7-8-17(2)22(13-16)26-24(29)18-9-11-27(12-10-18)23(28)14-19-15-25-21-6-4-3-5-20(19)21/h3-8,13,15,18,25H,9-12,14H2,1-2H3,(H,26,29). The molecule has 1 aromatic heterocycles. The Bertz CT molecular complexity index is 1050. The summed E-state index contributed by atoms with van der Waals surface area (Å²) in [6.45, 7) is 5.28. The van der Waals surface area contributed by atoms with Gasteiger partial charge < -0.3 is 15.2 Å². The van der Waals surface area contributed by atoms with Gasteiger partial charge in [-0.1, -0.05) is 30.3 Å². The first-order chi connectivity index (χ1) is 14.0. The minimum Gasteiger partial charge on any atom is -0.361 e. The molecule has 2 aromatic carbocycles. The molecule has 0 aliphatic carbocycles. The lowest BCUT2D eigenvalue weighted by molar-refractivity contribution is -0.133. The minimum absolute atomic E-state index is 0.0490. The molecule has 1 fully saturated rings. The van der Waals surface area contributed by atoms with Crippen molar-refractivity contribution in [2.24, 2.45) is 5.92 Å². The molecule has 2 heterocycles. The molecule has 1 aliphatic heterocycles. The zero-order valence-electron chi connectivity index (χ0n) is 17.0. The summed E-state index contributed by atoms with van der Waals surface area (Å²) in [6, 6.07) is 14.1. The number of H-pyrrole nitrogens is 1. The smallest absolute Gasteiger partial charge is 0.227 e. The number of nitrogens with one attached hydrogen (secondary N) is 2. The maximum atomic E-state index is 12.8. The third-order valence-corrected chi connectivity index (χ3v) is 5.89. The Morgan fingerprint density at radius 3 is 2.66 bits per heavy atom. The van der Waals surface area contributed by atoms with Gasteiger partial charge in [0.25, 0.3) is 0 Å². The van der Waals surface area contributed by atoms with E-state index in [0.717, 1.165) is 33.3 Å². The molecule has 1 saturated heterocycles. The van der Waals surface area contributed by atoms with E-state index in [1.54, 1.807) is 0 Å². The molecular formula is C24H27N3O2. The Labute approximate surface area is 171 Å². The summed E-state index contributed by atoms with van der Waals surface area (Å²) in [5, 5.41) is 4.18. The van der Waals surface area contributed by atoms with Gasteiger partial charge in [0.2, 0.25) is 11.8 Å². The molecule has 0 atom stereocenters. The van der Waals surface area contributed by atoms with Crippen LogP contribution in [0.2, 0.25) is 0 Å². The number of para-hydroxylation sites is 1. The van der Waals surface area contributed by atoms with Crippen molar-refractivity contribution in [1.29, 1.82) is 0 Å². The maximum Gasteiger partial charge on any atom is 0.227 e. The number of hydrogen-bond acceptors (Lipinski definition) is 2. The molecular weight excluding hydrogens is 362 g/mol. The van der Waals surface area contributed by atoms with Gasteiger partial charge in [0.15, 0.2) is 0 Å². The van der Waals surface area contributed by atoms with Crippen molar-refractivity contribution >= 4 is 28.4 Å². The number of hydrogen-bond donors (Lipinski definition) is 2. The van der Waals surface area contributed by atoms with Crippen molar-refractivity contribution in [2.45, 2.75) is 33.1 Å². The van der Waals surface area contributed by atoms with Crippen LogP contribution < -0.4 is 5.32 Å². The third kappa shape index (κ3) is 4.19. The first kappa shape index (κ1) is 19.2. The SMILES string of the molecule is Cc1ccc(C)c(NC(=O)C2CCN(C(=O)Cc3c[nH]c4ccccc34)CC2)c1. The van der Waals surface area contributed by atoms with Crippen LogP contribution >= 0.6 is 0 Å². The molecule has 5 heteroatoms. The van der Waals surface area contributed by atoms with E-state index in [1.165, 1.54) is 0 Å². The quantitative estimate of drug-likeness (QED) is 0.702. The number of rotatable bonds is 4. The fraction of sp³-hybridized carbons (Fsp3) is 0.333. The molecule has 4 rings (SSSR count). The Morgan fingerprint density at radius 1 is 1.10 bits per heavy atom. The summed E-state index contributed by atoms with van der Waals surface area (Å²) in [4.78, 5) is 30.6. The number of piperidine rings is 1. The number of aryl methyl sites for hydroxylation is 2. The summed E-state index contributed by atoms with van der Waals surface area (Å²) in [7, 11) is 0. The molecule has 2 amide bonds. The van der Waals surface area contributed by atoms with Gasteiger partial charge in [-0.05, 0) is 55.5 Å². The van der Waals surface area contributed by atoms with Gasteiger partial charge in [0.1, 0.15) is 0 Å². The number of anilines is 1. The molecule has 0 bridgehead atoms. The number of benzene rings is 2. The van der Waals surface area contributed by atoms with E-state index < -0.39 is 0 Å². The number of nitrogens with zero attached hydrogens (tertiary/aromatic N) is 1. The van der Waals surface area contributed by atoms with Gasteiger partial charge in [-0.2, -0.15) is 0 Å². The lowest BCUT2D eigenvalue weighted by Crippen LogP contribution is -2.42. The van der Waals surface area contributed by atoms with Gasteiger partial charge in [-0.15, -0.1) is 0 Å². The molecule has 3 aromatic rings. The van der Waals surface area contributed by atoms with Crippen LogP contribution in [-0.2, 0) is 16.0 Å². The van der Waals surface area contributed by atoms with Crippen LogP contribution in [-0.4, -0.2) is 34.8 Å². The van der Waals surface area contributed by atoms with Gasteiger partial charge in [0, 0.05) is 41.8 Å².